The van der Waals surface area contributed by atoms with Crippen molar-refractivity contribution in [3.63, 3.8) is 0 Å². The first-order valence-corrected chi connectivity index (χ1v) is 10.3. The van der Waals surface area contributed by atoms with Crippen molar-refractivity contribution in [3.05, 3.63) is 17.1 Å². The molecule has 7 heteroatoms. The predicted octanol–water partition coefficient (Wildman–Crippen LogP) is 2.00. The summed E-state index contributed by atoms with van der Waals surface area (Å²) in [4.78, 5) is 26.5. The lowest BCUT2D eigenvalue weighted by molar-refractivity contribution is 0.0944. The molecule has 1 N–H and O–H groups in total. The summed E-state index contributed by atoms with van der Waals surface area (Å²) in [5.41, 5.74) is 1.39. The van der Waals surface area contributed by atoms with Gasteiger partial charge in [-0.1, -0.05) is 13.8 Å². The molecule has 0 spiro atoms. The number of rotatable bonds is 7. The smallest absolute Gasteiger partial charge is 0.255 e. The first-order chi connectivity index (χ1) is 11.9. The molecule has 1 amide bonds. The van der Waals surface area contributed by atoms with E-state index in [4.69, 9.17) is 0 Å². The van der Waals surface area contributed by atoms with Crippen molar-refractivity contribution < 1.29 is 4.79 Å². The van der Waals surface area contributed by atoms with Crippen LogP contribution in [0.3, 0.4) is 0 Å². The largest absolute Gasteiger partial charge is 0.352 e. The monoisotopic (exact) mass is 365 g/mol. The molecule has 1 saturated heterocycles. The molecule has 0 aromatic carbocycles. The number of nitrogens with one attached hydrogen (secondary N) is 1. The minimum Gasteiger partial charge on any atom is -0.352 e. The molecule has 0 bridgehead atoms. The molecular formula is C18H31N5OS. The maximum atomic E-state index is 12.6. The number of thioether (sulfide) groups is 1. The lowest BCUT2D eigenvalue weighted by Gasteiger charge is -2.32. The summed E-state index contributed by atoms with van der Waals surface area (Å²) in [5, 5.41) is 3.81. The van der Waals surface area contributed by atoms with E-state index in [1.165, 1.54) is 11.8 Å². The summed E-state index contributed by atoms with van der Waals surface area (Å²) in [6.07, 6.45) is 2.92. The van der Waals surface area contributed by atoms with E-state index in [1.54, 1.807) is 0 Å². The van der Waals surface area contributed by atoms with Gasteiger partial charge in [0.15, 0.2) is 0 Å². The molecule has 1 aliphatic rings. The van der Waals surface area contributed by atoms with Gasteiger partial charge < -0.3 is 15.1 Å². The molecule has 1 aromatic heterocycles. The van der Waals surface area contributed by atoms with Gasteiger partial charge in [-0.2, -0.15) is 0 Å². The molecule has 1 aliphatic heterocycles. The van der Waals surface area contributed by atoms with Gasteiger partial charge in [0.1, 0.15) is 10.9 Å². The first-order valence-electron chi connectivity index (χ1n) is 9.04. The maximum Gasteiger partial charge on any atom is 0.255 e. The molecule has 1 fully saturated rings. The minimum atomic E-state index is -0.0597. The van der Waals surface area contributed by atoms with Gasteiger partial charge >= 0.3 is 0 Å². The predicted molar refractivity (Wildman–Crippen MR) is 104 cm³/mol. The highest BCUT2D eigenvalue weighted by molar-refractivity contribution is 7.98. The topological polar surface area (TPSA) is 61.4 Å². The molecular weight excluding hydrogens is 334 g/mol. The summed E-state index contributed by atoms with van der Waals surface area (Å²) in [7, 11) is 2.16. The van der Waals surface area contributed by atoms with Crippen LogP contribution in [0.5, 0.6) is 0 Å². The first kappa shape index (κ1) is 20.1. The van der Waals surface area contributed by atoms with E-state index in [0.29, 0.717) is 12.1 Å². The lowest BCUT2D eigenvalue weighted by Crippen LogP contribution is -2.45. The van der Waals surface area contributed by atoms with E-state index < -0.39 is 0 Å². The molecule has 0 aliphatic carbocycles. The lowest BCUT2D eigenvalue weighted by atomic mass is 10.1. The Morgan fingerprint density at radius 1 is 1.24 bits per heavy atom. The van der Waals surface area contributed by atoms with Gasteiger partial charge in [-0.15, -0.1) is 11.8 Å². The molecule has 2 rings (SSSR count). The zero-order valence-electron chi connectivity index (χ0n) is 16.1. The number of piperazine rings is 1. The van der Waals surface area contributed by atoms with E-state index in [2.05, 4.69) is 46.0 Å². The van der Waals surface area contributed by atoms with Crippen LogP contribution in [0.2, 0.25) is 0 Å². The van der Waals surface area contributed by atoms with Gasteiger partial charge in [-0.25, -0.2) is 9.97 Å². The van der Waals surface area contributed by atoms with Gasteiger partial charge in [0, 0.05) is 38.6 Å². The second kappa shape index (κ2) is 9.50. The van der Waals surface area contributed by atoms with Crippen molar-refractivity contribution in [2.24, 2.45) is 0 Å². The van der Waals surface area contributed by atoms with Crippen molar-refractivity contribution in [1.29, 1.82) is 0 Å². The van der Waals surface area contributed by atoms with E-state index >= 15 is 0 Å². The van der Waals surface area contributed by atoms with Crippen LogP contribution in [-0.4, -0.2) is 78.2 Å². The summed E-state index contributed by atoms with van der Waals surface area (Å²) in [6, 6.07) is 0. The van der Waals surface area contributed by atoms with Crippen LogP contribution < -0.4 is 5.32 Å². The number of carbonyl (C=O) groups excluding carboxylic acids is 1. The molecule has 1 aromatic rings. The van der Waals surface area contributed by atoms with Crippen LogP contribution in [0, 0.1) is 6.92 Å². The van der Waals surface area contributed by atoms with Gasteiger partial charge in [0.05, 0.1) is 11.3 Å². The molecule has 140 valence electrons. The van der Waals surface area contributed by atoms with Crippen molar-refractivity contribution in [2.75, 3.05) is 52.6 Å². The van der Waals surface area contributed by atoms with Crippen LogP contribution >= 0.6 is 11.8 Å². The van der Waals surface area contributed by atoms with Gasteiger partial charge in [-0.05, 0) is 33.2 Å². The van der Waals surface area contributed by atoms with Crippen LogP contribution in [0.4, 0.5) is 0 Å². The molecule has 0 saturated carbocycles. The Hall–Kier alpha value is -1.18. The second-order valence-electron chi connectivity index (χ2n) is 6.96. The Kier molecular flexibility index (Phi) is 7.65. The number of nitrogens with zero attached hydrogens (tertiary/aromatic N) is 4. The Morgan fingerprint density at radius 3 is 2.52 bits per heavy atom. The quantitative estimate of drug-likeness (QED) is 0.453. The Balaban J connectivity index is 1.88. The molecule has 0 radical (unpaired) electrons. The number of likely N-dealkylation sites (N-methyl/N-ethyl adjacent to an activating group) is 1. The number of aromatic nitrogens is 2. The third kappa shape index (κ3) is 5.66. The number of carbonyl (C=O) groups is 1. The standard InChI is InChI=1S/C18H31N5OS/c1-13(2)16-20-14(3)15(18(21-16)25-5)17(24)19-7-6-8-23-11-9-22(4)10-12-23/h13H,6-12H2,1-5H3,(H,19,24). The molecule has 25 heavy (non-hydrogen) atoms. The highest BCUT2D eigenvalue weighted by Crippen LogP contribution is 2.23. The van der Waals surface area contributed by atoms with Gasteiger partial charge in [0.2, 0.25) is 0 Å². The highest BCUT2D eigenvalue weighted by atomic mass is 32.2. The summed E-state index contributed by atoms with van der Waals surface area (Å²) < 4.78 is 0. The van der Waals surface area contributed by atoms with Crippen LogP contribution in [-0.2, 0) is 0 Å². The van der Waals surface area contributed by atoms with Gasteiger partial charge in [-0.3, -0.25) is 4.79 Å². The van der Waals surface area contributed by atoms with E-state index in [-0.39, 0.29) is 11.8 Å². The van der Waals surface area contributed by atoms with Crippen LogP contribution in [0.1, 0.15) is 48.1 Å². The fourth-order valence-electron chi connectivity index (χ4n) is 2.90. The average molecular weight is 366 g/mol. The average Bonchev–Trinajstić information content (AvgIpc) is 2.59. The molecule has 6 nitrogen and oxygen atoms in total. The minimum absolute atomic E-state index is 0.0597. The third-order valence-electron chi connectivity index (χ3n) is 4.54. The summed E-state index contributed by atoms with van der Waals surface area (Å²) in [5.74, 6) is 0.995. The Labute approximate surface area is 155 Å². The maximum absolute atomic E-state index is 12.6. The van der Waals surface area contributed by atoms with Crippen molar-refractivity contribution >= 4 is 17.7 Å². The van der Waals surface area contributed by atoms with E-state index in [0.717, 1.165) is 55.7 Å². The fourth-order valence-corrected chi connectivity index (χ4v) is 3.53. The normalized spacial score (nSPS) is 16.4. The molecule has 0 atom stereocenters. The van der Waals surface area contributed by atoms with Crippen molar-refractivity contribution in [2.45, 2.75) is 38.1 Å². The highest BCUT2D eigenvalue weighted by Gasteiger charge is 2.19. The van der Waals surface area contributed by atoms with Gasteiger partial charge in [0.25, 0.3) is 5.91 Å². The van der Waals surface area contributed by atoms with E-state index in [1.807, 2.05) is 13.2 Å². The summed E-state index contributed by atoms with van der Waals surface area (Å²) in [6.45, 7) is 12.2. The number of hydrogen-bond acceptors (Lipinski definition) is 6. The fraction of sp³-hybridized carbons (Fsp3) is 0.722. The third-order valence-corrected chi connectivity index (χ3v) is 5.23. The SMILES string of the molecule is CSc1nc(C(C)C)nc(C)c1C(=O)NCCCN1CCN(C)CC1. The number of hydrogen-bond donors (Lipinski definition) is 1. The van der Waals surface area contributed by atoms with E-state index in [9.17, 15) is 4.79 Å². The molecule has 2 heterocycles. The number of aryl methyl sites for hydroxylation is 1. The zero-order chi connectivity index (χ0) is 18.4. The van der Waals surface area contributed by atoms with Crippen molar-refractivity contribution in [3.8, 4) is 0 Å². The summed E-state index contributed by atoms with van der Waals surface area (Å²) >= 11 is 1.51. The van der Waals surface area contributed by atoms with Crippen LogP contribution in [0.25, 0.3) is 0 Å². The zero-order valence-corrected chi connectivity index (χ0v) is 16.9. The second-order valence-corrected chi connectivity index (χ2v) is 7.76. The number of amides is 1. The van der Waals surface area contributed by atoms with Crippen molar-refractivity contribution in [1.82, 2.24) is 25.1 Å². The Morgan fingerprint density at radius 2 is 1.92 bits per heavy atom. The molecule has 0 unspecified atom stereocenters. The Bertz CT molecular complexity index is 585. The van der Waals surface area contributed by atoms with Crippen LogP contribution in [0.15, 0.2) is 5.03 Å².